The third kappa shape index (κ3) is 2.40. The second-order valence-electron chi connectivity index (χ2n) is 4.54. The third-order valence-electron chi connectivity index (χ3n) is 3.54. The van der Waals surface area contributed by atoms with E-state index in [0.717, 1.165) is 32.0 Å². The maximum atomic E-state index is 13.6. The Morgan fingerprint density at radius 3 is 2.56 bits per heavy atom. The largest absolute Gasteiger partial charge is 0.317 e. The van der Waals surface area contributed by atoms with Crippen LogP contribution >= 0.6 is 0 Å². The van der Waals surface area contributed by atoms with Crippen molar-refractivity contribution in [3.05, 3.63) is 35.4 Å². The average Bonchev–Trinajstić information content (AvgIpc) is 2.29. The van der Waals surface area contributed by atoms with Crippen molar-refractivity contribution in [1.29, 1.82) is 0 Å². The van der Waals surface area contributed by atoms with E-state index in [2.05, 4.69) is 5.32 Å². The van der Waals surface area contributed by atoms with Crippen LogP contribution in [0.2, 0.25) is 0 Å². The summed E-state index contributed by atoms with van der Waals surface area (Å²) in [5.41, 5.74) is 0.647. The van der Waals surface area contributed by atoms with E-state index in [1.807, 2.05) is 6.92 Å². The van der Waals surface area contributed by atoms with Gasteiger partial charge in [-0.2, -0.15) is 0 Å². The van der Waals surface area contributed by atoms with Crippen LogP contribution in [-0.4, -0.2) is 13.1 Å². The van der Waals surface area contributed by atoms with Crippen molar-refractivity contribution in [3.8, 4) is 0 Å². The number of hydrogen-bond acceptors (Lipinski definition) is 1. The molecule has 1 fully saturated rings. The molecule has 2 rings (SSSR count). The lowest BCUT2D eigenvalue weighted by atomic mass is 9.81. The van der Waals surface area contributed by atoms with Gasteiger partial charge < -0.3 is 5.32 Å². The van der Waals surface area contributed by atoms with Gasteiger partial charge in [0.2, 0.25) is 0 Å². The summed E-state index contributed by atoms with van der Waals surface area (Å²) in [6.07, 6.45) is 2.13. The first-order chi connectivity index (χ1) is 7.68. The Morgan fingerprint density at radius 2 is 1.94 bits per heavy atom. The van der Waals surface area contributed by atoms with Gasteiger partial charge in [-0.1, -0.05) is 13.0 Å². The molecule has 1 saturated heterocycles. The minimum absolute atomic E-state index is 0.169. The zero-order valence-electron chi connectivity index (χ0n) is 9.47. The van der Waals surface area contributed by atoms with Crippen molar-refractivity contribution in [1.82, 2.24) is 5.32 Å². The van der Waals surface area contributed by atoms with E-state index in [1.165, 1.54) is 6.07 Å². The molecule has 0 spiro atoms. The molecule has 0 aliphatic carbocycles. The lowest BCUT2D eigenvalue weighted by Gasteiger charge is -2.28. The van der Waals surface area contributed by atoms with Crippen LogP contribution in [0.25, 0.3) is 0 Å². The molecule has 1 atom stereocenters. The quantitative estimate of drug-likeness (QED) is 0.815. The monoisotopic (exact) mass is 225 g/mol. The highest BCUT2D eigenvalue weighted by atomic mass is 19.1. The SMILES string of the molecule is CC(c1ccc(F)cc1F)C1CCNCC1. The van der Waals surface area contributed by atoms with Gasteiger partial charge in [-0.3, -0.25) is 0 Å². The van der Waals surface area contributed by atoms with E-state index >= 15 is 0 Å². The summed E-state index contributed by atoms with van der Waals surface area (Å²) in [6, 6.07) is 3.90. The Morgan fingerprint density at radius 1 is 1.25 bits per heavy atom. The molecular weight excluding hydrogens is 208 g/mol. The molecule has 1 heterocycles. The number of piperidine rings is 1. The van der Waals surface area contributed by atoms with E-state index in [0.29, 0.717) is 11.5 Å². The van der Waals surface area contributed by atoms with Gasteiger partial charge in [0.05, 0.1) is 0 Å². The summed E-state index contributed by atoms with van der Waals surface area (Å²) in [5, 5.41) is 3.29. The van der Waals surface area contributed by atoms with Crippen LogP contribution in [0.5, 0.6) is 0 Å². The van der Waals surface area contributed by atoms with Crippen LogP contribution in [0.15, 0.2) is 18.2 Å². The van der Waals surface area contributed by atoms with Gasteiger partial charge in [-0.25, -0.2) is 8.78 Å². The zero-order chi connectivity index (χ0) is 11.5. The first kappa shape index (κ1) is 11.5. The molecule has 1 aromatic rings. The van der Waals surface area contributed by atoms with Crippen molar-refractivity contribution in [2.75, 3.05) is 13.1 Å². The second kappa shape index (κ2) is 4.91. The van der Waals surface area contributed by atoms with Crippen molar-refractivity contribution in [3.63, 3.8) is 0 Å². The van der Waals surface area contributed by atoms with Gasteiger partial charge in [-0.05, 0) is 49.4 Å². The molecule has 0 bridgehead atoms. The summed E-state index contributed by atoms with van der Waals surface area (Å²) in [7, 11) is 0. The lowest BCUT2D eigenvalue weighted by molar-refractivity contribution is 0.325. The summed E-state index contributed by atoms with van der Waals surface area (Å²) in [4.78, 5) is 0. The van der Waals surface area contributed by atoms with E-state index in [1.54, 1.807) is 6.07 Å². The van der Waals surface area contributed by atoms with E-state index in [-0.39, 0.29) is 5.92 Å². The highest BCUT2D eigenvalue weighted by Gasteiger charge is 2.23. The third-order valence-corrected chi connectivity index (χ3v) is 3.54. The minimum Gasteiger partial charge on any atom is -0.317 e. The number of hydrogen-bond donors (Lipinski definition) is 1. The van der Waals surface area contributed by atoms with E-state index in [4.69, 9.17) is 0 Å². The Kier molecular flexibility index (Phi) is 3.54. The predicted octanol–water partition coefficient (Wildman–Crippen LogP) is 3.07. The smallest absolute Gasteiger partial charge is 0.129 e. The van der Waals surface area contributed by atoms with Crippen LogP contribution < -0.4 is 5.32 Å². The Labute approximate surface area is 94.9 Å². The van der Waals surface area contributed by atoms with Gasteiger partial charge >= 0.3 is 0 Å². The predicted molar refractivity (Wildman–Crippen MR) is 60.4 cm³/mol. The first-order valence-corrected chi connectivity index (χ1v) is 5.84. The number of benzene rings is 1. The van der Waals surface area contributed by atoms with Crippen molar-refractivity contribution < 1.29 is 8.78 Å². The molecule has 0 amide bonds. The molecule has 1 unspecified atom stereocenters. The maximum Gasteiger partial charge on any atom is 0.129 e. The number of nitrogens with one attached hydrogen (secondary N) is 1. The topological polar surface area (TPSA) is 12.0 Å². The molecule has 1 nitrogen and oxygen atoms in total. The van der Waals surface area contributed by atoms with Gasteiger partial charge in [-0.15, -0.1) is 0 Å². The van der Waals surface area contributed by atoms with Crippen LogP contribution in [0.1, 0.15) is 31.2 Å². The average molecular weight is 225 g/mol. The molecule has 1 aliphatic rings. The minimum atomic E-state index is -0.501. The summed E-state index contributed by atoms with van der Waals surface area (Å²) in [5.74, 6) is -0.242. The molecule has 16 heavy (non-hydrogen) atoms. The van der Waals surface area contributed by atoms with Crippen LogP contribution in [0, 0.1) is 17.6 Å². The van der Waals surface area contributed by atoms with Crippen molar-refractivity contribution in [2.45, 2.75) is 25.7 Å². The Bertz CT molecular complexity index is 359. The maximum absolute atomic E-state index is 13.6. The van der Waals surface area contributed by atoms with E-state index < -0.39 is 11.6 Å². The molecule has 1 N–H and O–H groups in total. The fourth-order valence-electron chi connectivity index (χ4n) is 2.47. The molecule has 88 valence electrons. The molecule has 1 aliphatic heterocycles. The Balaban J connectivity index is 2.15. The number of halogens is 2. The summed E-state index contributed by atoms with van der Waals surface area (Å²) < 4.78 is 26.4. The van der Waals surface area contributed by atoms with Gasteiger partial charge in [0.25, 0.3) is 0 Å². The van der Waals surface area contributed by atoms with Crippen molar-refractivity contribution >= 4 is 0 Å². The molecular formula is C13H17F2N. The van der Waals surface area contributed by atoms with Gasteiger partial charge in [0.1, 0.15) is 11.6 Å². The van der Waals surface area contributed by atoms with Crippen molar-refractivity contribution in [2.24, 2.45) is 5.92 Å². The summed E-state index contributed by atoms with van der Waals surface area (Å²) in [6.45, 7) is 4.03. The highest BCUT2D eigenvalue weighted by Crippen LogP contribution is 2.32. The fraction of sp³-hybridized carbons (Fsp3) is 0.538. The number of rotatable bonds is 2. The van der Waals surface area contributed by atoms with E-state index in [9.17, 15) is 8.78 Å². The molecule has 1 aromatic carbocycles. The van der Waals surface area contributed by atoms with Gasteiger partial charge in [0, 0.05) is 6.07 Å². The zero-order valence-corrected chi connectivity index (χ0v) is 9.47. The summed E-state index contributed by atoms with van der Waals surface area (Å²) >= 11 is 0. The Hall–Kier alpha value is -0.960. The molecule has 0 aromatic heterocycles. The van der Waals surface area contributed by atoms with Crippen LogP contribution in [-0.2, 0) is 0 Å². The van der Waals surface area contributed by atoms with Gasteiger partial charge in [0.15, 0.2) is 0 Å². The standard InChI is InChI=1S/C13H17F2N/c1-9(10-4-6-16-7-5-10)12-3-2-11(14)8-13(12)15/h2-3,8-10,16H,4-7H2,1H3. The molecule has 0 saturated carbocycles. The molecule has 3 heteroatoms. The first-order valence-electron chi connectivity index (χ1n) is 5.84. The second-order valence-corrected chi connectivity index (χ2v) is 4.54. The normalized spacial score (nSPS) is 19.7. The molecule has 0 radical (unpaired) electrons. The fourth-order valence-corrected chi connectivity index (χ4v) is 2.47. The lowest BCUT2D eigenvalue weighted by Crippen LogP contribution is -2.30. The highest BCUT2D eigenvalue weighted by molar-refractivity contribution is 5.23. The van der Waals surface area contributed by atoms with Crippen LogP contribution in [0.3, 0.4) is 0 Å². The van der Waals surface area contributed by atoms with Crippen LogP contribution in [0.4, 0.5) is 8.78 Å².